The minimum atomic E-state index is 0.484. The summed E-state index contributed by atoms with van der Waals surface area (Å²) < 4.78 is 3.79. The van der Waals surface area contributed by atoms with Crippen LogP contribution in [0.2, 0.25) is 0 Å². The molecule has 0 saturated heterocycles. The fourth-order valence-electron chi connectivity index (χ4n) is 1.72. The first-order valence-electron chi connectivity index (χ1n) is 5.78. The molecule has 2 heterocycles. The lowest BCUT2D eigenvalue weighted by Gasteiger charge is -2.09. The lowest BCUT2D eigenvalue weighted by molar-refractivity contribution is 0.454. The van der Waals surface area contributed by atoms with Gasteiger partial charge in [0.05, 0.1) is 5.69 Å². The van der Waals surface area contributed by atoms with E-state index in [2.05, 4.69) is 29.0 Å². The molecule has 6 nitrogen and oxygen atoms in total. The summed E-state index contributed by atoms with van der Waals surface area (Å²) in [5.74, 6) is 1.46. The second-order valence-electron chi connectivity index (χ2n) is 4.44. The van der Waals surface area contributed by atoms with E-state index >= 15 is 0 Å². The van der Waals surface area contributed by atoms with Crippen LogP contribution in [-0.2, 0) is 19.6 Å². The highest BCUT2D eigenvalue weighted by Crippen LogP contribution is 2.05. The Hall–Kier alpha value is -1.69. The molecule has 0 aromatic carbocycles. The van der Waals surface area contributed by atoms with Gasteiger partial charge in [-0.3, -0.25) is 4.68 Å². The van der Waals surface area contributed by atoms with Crippen molar-refractivity contribution in [3.8, 4) is 0 Å². The molecule has 0 aliphatic carbocycles. The molecular formula is C11H18N6. The molecule has 2 N–H and O–H groups in total. The lowest BCUT2D eigenvalue weighted by Crippen LogP contribution is -2.16. The van der Waals surface area contributed by atoms with Gasteiger partial charge in [-0.25, -0.2) is 9.67 Å². The second-order valence-corrected chi connectivity index (χ2v) is 4.44. The zero-order valence-electron chi connectivity index (χ0n) is 10.2. The van der Waals surface area contributed by atoms with Gasteiger partial charge in [-0.1, -0.05) is 13.8 Å². The van der Waals surface area contributed by atoms with E-state index in [-0.39, 0.29) is 0 Å². The van der Waals surface area contributed by atoms with Crippen LogP contribution in [0.25, 0.3) is 0 Å². The van der Waals surface area contributed by atoms with Crippen molar-refractivity contribution in [2.45, 2.75) is 33.5 Å². The Morgan fingerprint density at radius 1 is 1.29 bits per heavy atom. The van der Waals surface area contributed by atoms with E-state index in [4.69, 9.17) is 5.73 Å². The molecule has 0 radical (unpaired) electrons. The molecule has 2 rings (SSSR count). The van der Waals surface area contributed by atoms with Crippen LogP contribution in [-0.4, -0.2) is 24.5 Å². The normalized spacial score (nSPS) is 11.3. The highest BCUT2D eigenvalue weighted by Gasteiger charge is 2.09. The van der Waals surface area contributed by atoms with E-state index in [0.29, 0.717) is 19.0 Å². The van der Waals surface area contributed by atoms with Gasteiger partial charge in [-0.05, 0) is 12.0 Å². The van der Waals surface area contributed by atoms with Crippen LogP contribution in [0.1, 0.15) is 25.4 Å². The number of nitrogens with zero attached hydrogens (tertiary/aromatic N) is 5. The summed E-state index contributed by atoms with van der Waals surface area (Å²) >= 11 is 0. The van der Waals surface area contributed by atoms with Crippen LogP contribution >= 0.6 is 0 Å². The molecule has 6 heteroatoms. The standard InChI is InChI=1S/C11H18N6/c1-9(2)6-17-11(13-8-15-17)7-16-10(5-12)3-4-14-16/h3-4,8-9H,5-7,12H2,1-2H3. The third kappa shape index (κ3) is 2.71. The summed E-state index contributed by atoms with van der Waals surface area (Å²) in [5.41, 5.74) is 6.64. The van der Waals surface area contributed by atoms with Crippen LogP contribution in [0, 0.1) is 5.92 Å². The van der Waals surface area contributed by atoms with Gasteiger partial charge < -0.3 is 5.73 Å². The van der Waals surface area contributed by atoms with Crippen molar-refractivity contribution in [1.29, 1.82) is 0 Å². The van der Waals surface area contributed by atoms with Crippen molar-refractivity contribution in [1.82, 2.24) is 24.5 Å². The fraction of sp³-hybridized carbons (Fsp3) is 0.545. The molecule has 2 aromatic heterocycles. The van der Waals surface area contributed by atoms with Gasteiger partial charge >= 0.3 is 0 Å². The Kier molecular flexibility index (Phi) is 3.53. The first kappa shape index (κ1) is 11.8. The smallest absolute Gasteiger partial charge is 0.148 e. The molecular weight excluding hydrogens is 216 g/mol. The average Bonchev–Trinajstić information content (AvgIpc) is 2.88. The number of aromatic nitrogens is 5. The molecule has 0 unspecified atom stereocenters. The van der Waals surface area contributed by atoms with Crippen molar-refractivity contribution >= 4 is 0 Å². The summed E-state index contributed by atoms with van der Waals surface area (Å²) in [6, 6.07) is 1.92. The molecule has 17 heavy (non-hydrogen) atoms. The van der Waals surface area contributed by atoms with E-state index in [0.717, 1.165) is 18.1 Å². The SMILES string of the molecule is CC(C)Cn1ncnc1Cn1nccc1CN. The average molecular weight is 234 g/mol. The van der Waals surface area contributed by atoms with Crippen LogP contribution < -0.4 is 5.73 Å². The van der Waals surface area contributed by atoms with Crippen molar-refractivity contribution in [2.24, 2.45) is 11.7 Å². The Morgan fingerprint density at radius 3 is 2.82 bits per heavy atom. The molecule has 0 atom stereocenters. The number of rotatable bonds is 5. The van der Waals surface area contributed by atoms with Gasteiger partial charge in [-0.2, -0.15) is 10.2 Å². The summed E-state index contributed by atoms with van der Waals surface area (Å²) in [6.07, 6.45) is 3.34. The first-order valence-corrected chi connectivity index (χ1v) is 5.78. The summed E-state index contributed by atoms with van der Waals surface area (Å²) in [7, 11) is 0. The largest absolute Gasteiger partial charge is 0.325 e. The molecule has 0 amide bonds. The van der Waals surface area contributed by atoms with Crippen molar-refractivity contribution < 1.29 is 0 Å². The molecule has 0 aliphatic rings. The zero-order valence-corrected chi connectivity index (χ0v) is 10.2. The van der Waals surface area contributed by atoms with Crippen molar-refractivity contribution in [3.63, 3.8) is 0 Å². The maximum atomic E-state index is 5.64. The predicted molar refractivity (Wildman–Crippen MR) is 64.1 cm³/mol. The van der Waals surface area contributed by atoms with Crippen LogP contribution in [0.15, 0.2) is 18.6 Å². The zero-order chi connectivity index (χ0) is 12.3. The van der Waals surface area contributed by atoms with Gasteiger partial charge in [0.2, 0.25) is 0 Å². The minimum Gasteiger partial charge on any atom is -0.325 e. The summed E-state index contributed by atoms with van der Waals surface area (Å²) in [5, 5.41) is 8.46. The van der Waals surface area contributed by atoms with E-state index in [9.17, 15) is 0 Å². The Morgan fingerprint density at radius 2 is 2.12 bits per heavy atom. The van der Waals surface area contributed by atoms with Gasteiger partial charge in [0.1, 0.15) is 18.7 Å². The first-order chi connectivity index (χ1) is 8.20. The lowest BCUT2D eigenvalue weighted by atomic mass is 10.2. The third-order valence-electron chi connectivity index (χ3n) is 2.54. The minimum absolute atomic E-state index is 0.484. The van der Waals surface area contributed by atoms with Crippen LogP contribution in [0.4, 0.5) is 0 Å². The topological polar surface area (TPSA) is 74.5 Å². The molecule has 2 aromatic rings. The number of nitrogens with two attached hydrogens (primary N) is 1. The van der Waals surface area contributed by atoms with Gasteiger partial charge in [-0.15, -0.1) is 0 Å². The number of hydrogen-bond acceptors (Lipinski definition) is 4. The summed E-state index contributed by atoms with van der Waals surface area (Å²) in [4.78, 5) is 4.27. The highest BCUT2D eigenvalue weighted by molar-refractivity contribution is 5.01. The van der Waals surface area contributed by atoms with E-state index < -0.39 is 0 Å². The van der Waals surface area contributed by atoms with Gasteiger partial charge in [0, 0.05) is 19.3 Å². The monoisotopic (exact) mass is 234 g/mol. The maximum Gasteiger partial charge on any atom is 0.148 e. The number of hydrogen-bond donors (Lipinski definition) is 1. The molecule has 0 aliphatic heterocycles. The Balaban J connectivity index is 2.16. The van der Waals surface area contributed by atoms with Crippen molar-refractivity contribution in [3.05, 3.63) is 30.1 Å². The maximum absolute atomic E-state index is 5.64. The molecule has 0 saturated carbocycles. The quantitative estimate of drug-likeness (QED) is 0.823. The van der Waals surface area contributed by atoms with E-state index in [1.165, 1.54) is 0 Å². The second kappa shape index (κ2) is 5.09. The Labute approximate surface area is 100 Å². The molecule has 92 valence electrons. The fourth-order valence-corrected chi connectivity index (χ4v) is 1.72. The highest BCUT2D eigenvalue weighted by atomic mass is 15.4. The van der Waals surface area contributed by atoms with Gasteiger partial charge in [0.25, 0.3) is 0 Å². The van der Waals surface area contributed by atoms with Crippen LogP contribution in [0.5, 0.6) is 0 Å². The molecule has 0 spiro atoms. The summed E-state index contributed by atoms with van der Waals surface area (Å²) in [6.45, 7) is 6.29. The van der Waals surface area contributed by atoms with Crippen LogP contribution in [0.3, 0.4) is 0 Å². The third-order valence-corrected chi connectivity index (χ3v) is 2.54. The molecule has 0 bridgehead atoms. The Bertz CT molecular complexity index is 470. The van der Waals surface area contributed by atoms with Crippen molar-refractivity contribution in [2.75, 3.05) is 0 Å². The predicted octanol–water partition coefficient (Wildman–Crippen LogP) is 0.638. The molecule has 0 fully saturated rings. The van der Waals surface area contributed by atoms with E-state index in [1.54, 1.807) is 12.5 Å². The van der Waals surface area contributed by atoms with Gasteiger partial charge in [0.15, 0.2) is 0 Å². The van der Waals surface area contributed by atoms with E-state index in [1.807, 2.05) is 15.4 Å².